The molecule has 2 nitrogen and oxygen atoms in total. The number of rotatable bonds is 2. The van der Waals surface area contributed by atoms with Crippen LogP contribution in [-0.4, -0.2) is 17.3 Å². The molecule has 0 aromatic heterocycles. The van der Waals surface area contributed by atoms with Crippen LogP contribution >= 0.6 is 11.8 Å². The molecule has 1 aromatic rings. The quantitative estimate of drug-likeness (QED) is 0.698. The summed E-state index contributed by atoms with van der Waals surface area (Å²) in [6, 6.07) is 10.1. The van der Waals surface area contributed by atoms with Crippen LogP contribution in [0.4, 0.5) is 0 Å². The maximum absolute atomic E-state index is 11.0. The van der Waals surface area contributed by atoms with Crippen molar-refractivity contribution in [2.24, 2.45) is 0 Å². The molecule has 14 heavy (non-hydrogen) atoms. The molecule has 1 aliphatic rings. The molecule has 0 radical (unpaired) electrons. The van der Waals surface area contributed by atoms with E-state index in [4.69, 9.17) is 4.74 Å². The van der Waals surface area contributed by atoms with Crippen LogP contribution in [0.1, 0.15) is 13.3 Å². The summed E-state index contributed by atoms with van der Waals surface area (Å²) in [5.41, 5.74) is 0. The van der Waals surface area contributed by atoms with E-state index in [1.54, 1.807) is 11.8 Å². The first-order valence-corrected chi connectivity index (χ1v) is 5.55. The maximum atomic E-state index is 11.0. The van der Waals surface area contributed by atoms with Crippen LogP contribution in [0, 0.1) is 0 Å². The molecule has 3 heteroatoms. The Bertz CT molecular complexity index is 323. The standard InChI is InChI=1S/C11H12O2S/c1-8-10(7-11(12)13-8)14-9-5-3-2-4-6-9/h2-6,8,10H,7H2,1H3/t8-,10+/m1/s1. The molecule has 0 amide bonds. The zero-order chi connectivity index (χ0) is 9.97. The topological polar surface area (TPSA) is 26.3 Å². The van der Waals surface area contributed by atoms with Gasteiger partial charge in [-0.15, -0.1) is 11.8 Å². The molecule has 0 bridgehead atoms. The van der Waals surface area contributed by atoms with Gasteiger partial charge >= 0.3 is 5.97 Å². The predicted octanol–water partition coefficient (Wildman–Crippen LogP) is 2.48. The van der Waals surface area contributed by atoms with Crippen molar-refractivity contribution in [3.05, 3.63) is 30.3 Å². The third-order valence-electron chi connectivity index (χ3n) is 2.24. The first-order chi connectivity index (χ1) is 6.75. The third-order valence-corrected chi connectivity index (χ3v) is 3.64. The largest absolute Gasteiger partial charge is 0.461 e. The monoisotopic (exact) mass is 208 g/mol. The van der Waals surface area contributed by atoms with Gasteiger partial charge in [-0.05, 0) is 19.1 Å². The number of thioether (sulfide) groups is 1. The van der Waals surface area contributed by atoms with Gasteiger partial charge in [-0.3, -0.25) is 4.79 Å². The summed E-state index contributed by atoms with van der Waals surface area (Å²) in [6.07, 6.45) is 0.563. The molecule has 0 saturated carbocycles. The minimum atomic E-state index is -0.0778. The molecule has 2 rings (SSSR count). The van der Waals surface area contributed by atoms with E-state index in [-0.39, 0.29) is 17.3 Å². The summed E-state index contributed by atoms with van der Waals surface area (Å²) >= 11 is 1.72. The average molecular weight is 208 g/mol. The molecular weight excluding hydrogens is 196 g/mol. The van der Waals surface area contributed by atoms with Gasteiger partial charge in [0.25, 0.3) is 0 Å². The molecule has 0 aliphatic carbocycles. The van der Waals surface area contributed by atoms with Crippen LogP contribution in [0.3, 0.4) is 0 Å². The highest BCUT2D eigenvalue weighted by molar-refractivity contribution is 8.00. The number of hydrogen-bond acceptors (Lipinski definition) is 3. The fourth-order valence-corrected chi connectivity index (χ4v) is 2.60. The number of carbonyl (C=O) groups is 1. The lowest BCUT2D eigenvalue weighted by molar-refractivity contribution is -0.140. The van der Waals surface area contributed by atoms with Gasteiger partial charge in [0.15, 0.2) is 0 Å². The van der Waals surface area contributed by atoms with Gasteiger partial charge in [-0.1, -0.05) is 18.2 Å². The molecule has 74 valence electrons. The van der Waals surface area contributed by atoms with Crippen molar-refractivity contribution in [3.63, 3.8) is 0 Å². The van der Waals surface area contributed by atoms with Crippen molar-refractivity contribution in [3.8, 4) is 0 Å². The molecule has 1 fully saturated rings. The van der Waals surface area contributed by atoms with E-state index in [1.165, 1.54) is 4.90 Å². The van der Waals surface area contributed by atoms with Gasteiger partial charge in [0.1, 0.15) is 6.10 Å². The summed E-state index contributed by atoms with van der Waals surface area (Å²) < 4.78 is 5.09. The Morgan fingerprint density at radius 2 is 2.07 bits per heavy atom. The smallest absolute Gasteiger partial charge is 0.307 e. The molecular formula is C11H12O2S. The van der Waals surface area contributed by atoms with Gasteiger partial charge < -0.3 is 4.74 Å². The van der Waals surface area contributed by atoms with E-state index in [0.717, 1.165) is 0 Å². The summed E-state index contributed by atoms with van der Waals surface area (Å²) in [7, 11) is 0. The van der Waals surface area contributed by atoms with E-state index in [1.807, 2.05) is 25.1 Å². The number of esters is 1. The highest BCUT2D eigenvalue weighted by Gasteiger charge is 2.31. The van der Waals surface area contributed by atoms with Gasteiger partial charge in [0.05, 0.1) is 11.7 Å². The number of cyclic esters (lactones) is 1. The van der Waals surface area contributed by atoms with Crippen molar-refractivity contribution in [1.82, 2.24) is 0 Å². The summed E-state index contributed by atoms with van der Waals surface area (Å²) in [5, 5.41) is 0.268. The Labute approximate surface area is 87.6 Å². The fourth-order valence-electron chi connectivity index (χ4n) is 1.47. The lowest BCUT2D eigenvalue weighted by atomic mass is 10.2. The Balaban J connectivity index is 2.02. The lowest BCUT2D eigenvalue weighted by Crippen LogP contribution is -2.12. The molecule has 1 aromatic carbocycles. The highest BCUT2D eigenvalue weighted by atomic mass is 32.2. The van der Waals surface area contributed by atoms with E-state index in [0.29, 0.717) is 6.42 Å². The molecule has 0 spiro atoms. The van der Waals surface area contributed by atoms with Crippen LogP contribution in [0.15, 0.2) is 35.2 Å². The van der Waals surface area contributed by atoms with Crippen LogP contribution < -0.4 is 0 Å². The second-order valence-corrected chi connectivity index (χ2v) is 4.68. The number of ether oxygens (including phenoxy) is 1. The Morgan fingerprint density at radius 1 is 1.36 bits per heavy atom. The second-order valence-electron chi connectivity index (χ2n) is 3.37. The maximum Gasteiger partial charge on any atom is 0.307 e. The first-order valence-electron chi connectivity index (χ1n) is 4.67. The summed E-state index contributed by atoms with van der Waals surface area (Å²) in [6.45, 7) is 1.95. The summed E-state index contributed by atoms with van der Waals surface area (Å²) in [5.74, 6) is -0.0778. The van der Waals surface area contributed by atoms with Crippen molar-refractivity contribution in [2.45, 2.75) is 29.6 Å². The Hall–Kier alpha value is -0.960. The average Bonchev–Trinajstić information content (AvgIpc) is 2.47. The number of hydrogen-bond donors (Lipinski definition) is 0. The molecule has 0 unspecified atom stereocenters. The molecule has 1 saturated heterocycles. The van der Waals surface area contributed by atoms with Gasteiger partial charge in [-0.2, -0.15) is 0 Å². The first kappa shape index (κ1) is 9.59. The van der Waals surface area contributed by atoms with Crippen molar-refractivity contribution in [1.29, 1.82) is 0 Å². The fraction of sp³-hybridized carbons (Fsp3) is 0.364. The van der Waals surface area contributed by atoms with Crippen LogP contribution in [0.2, 0.25) is 0 Å². The highest BCUT2D eigenvalue weighted by Crippen LogP contribution is 2.32. The predicted molar refractivity (Wildman–Crippen MR) is 56.3 cm³/mol. The zero-order valence-electron chi connectivity index (χ0n) is 7.97. The van der Waals surface area contributed by atoms with Crippen LogP contribution in [-0.2, 0) is 9.53 Å². The molecule has 2 atom stereocenters. The number of carbonyl (C=O) groups excluding carboxylic acids is 1. The van der Waals surface area contributed by atoms with E-state index in [9.17, 15) is 4.79 Å². The molecule has 1 aliphatic heterocycles. The van der Waals surface area contributed by atoms with Crippen LogP contribution in [0.25, 0.3) is 0 Å². The zero-order valence-corrected chi connectivity index (χ0v) is 8.79. The van der Waals surface area contributed by atoms with Crippen molar-refractivity contribution < 1.29 is 9.53 Å². The Morgan fingerprint density at radius 3 is 2.64 bits per heavy atom. The second kappa shape index (κ2) is 4.05. The third kappa shape index (κ3) is 2.10. The van der Waals surface area contributed by atoms with E-state index >= 15 is 0 Å². The van der Waals surface area contributed by atoms with Gasteiger partial charge in [0.2, 0.25) is 0 Å². The molecule has 0 N–H and O–H groups in total. The number of benzene rings is 1. The minimum Gasteiger partial charge on any atom is -0.461 e. The van der Waals surface area contributed by atoms with Gasteiger partial charge in [-0.25, -0.2) is 0 Å². The summed E-state index contributed by atoms with van der Waals surface area (Å²) in [4.78, 5) is 12.2. The Kier molecular flexibility index (Phi) is 2.77. The van der Waals surface area contributed by atoms with E-state index in [2.05, 4.69) is 12.1 Å². The lowest BCUT2D eigenvalue weighted by Gasteiger charge is -2.11. The van der Waals surface area contributed by atoms with E-state index < -0.39 is 0 Å². The van der Waals surface area contributed by atoms with Crippen molar-refractivity contribution in [2.75, 3.05) is 0 Å². The minimum absolute atomic E-state index is 0.0349. The van der Waals surface area contributed by atoms with Crippen molar-refractivity contribution >= 4 is 17.7 Å². The van der Waals surface area contributed by atoms with Gasteiger partial charge in [0, 0.05) is 4.90 Å². The SMILES string of the molecule is C[C@H]1OC(=O)C[C@@H]1Sc1ccccc1. The molecule has 1 heterocycles. The van der Waals surface area contributed by atoms with Crippen LogP contribution in [0.5, 0.6) is 0 Å². The normalized spacial score (nSPS) is 26.2.